The number of nitrogens with one attached hydrogen (secondary N) is 1. The van der Waals surface area contributed by atoms with Crippen LogP contribution in [-0.2, 0) is 12.8 Å². The molecule has 1 aromatic heterocycles. The number of carbonyl (C=O) groups excluding carboxylic acids is 1. The highest BCUT2D eigenvalue weighted by atomic mass is 32.1. The molecule has 0 fully saturated rings. The summed E-state index contributed by atoms with van der Waals surface area (Å²) in [5.74, 6) is 0.338. The third kappa shape index (κ3) is 2.82. The molecule has 0 saturated carbocycles. The molecule has 118 valence electrons. The van der Waals surface area contributed by atoms with Gasteiger partial charge in [-0.25, -0.2) is 0 Å². The number of fused-ring (bicyclic) bond motifs is 1. The lowest BCUT2D eigenvalue weighted by Gasteiger charge is -2.11. The Hall–Kier alpha value is -2.32. The van der Waals surface area contributed by atoms with E-state index in [4.69, 9.17) is 4.74 Å². The second kappa shape index (κ2) is 6.43. The van der Waals surface area contributed by atoms with Gasteiger partial charge in [-0.2, -0.15) is 5.26 Å². The van der Waals surface area contributed by atoms with Crippen LogP contribution in [-0.4, -0.2) is 13.0 Å². The van der Waals surface area contributed by atoms with Crippen molar-refractivity contribution < 1.29 is 9.53 Å². The molecule has 1 aromatic carbocycles. The van der Waals surface area contributed by atoms with Gasteiger partial charge in [-0.15, -0.1) is 11.3 Å². The number of para-hydroxylation sites is 1. The Bertz CT molecular complexity index is 802. The lowest BCUT2D eigenvalue weighted by molar-refractivity contribution is 0.102. The number of amides is 1. The fourth-order valence-electron chi connectivity index (χ4n) is 3.04. The Morgan fingerprint density at radius 1 is 1.35 bits per heavy atom. The Morgan fingerprint density at radius 3 is 2.87 bits per heavy atom. The van der Waals surface area contributed by atoms with Crippen molar-refractivity contribution in [1.29, 1.82) is 5.26 Å². The summed E-state index contributed by atoms with van der Waals surface area (Å²) in [5.41, 5.74) is 3.15. The second-order valence-corrected chi connectivity index (χ2v) is 6.74. The maximum absolute atomic E-state index is 12.6. The van der Waals surface area contributed by atoms with Gasteiger partial charge in [0.2, 0.25) is 0 Å². The zero-order valence-electron chi connectivity index (χ0n) is 13.2. The summed E-state index contributed by atoms with van der Waals surface area (Å²) < 4.78 is 5.35. The van der Waals surface area contributed by atoms with Gasteiger partial charge in [0, 0.05) is 4.88 Å². The topological polar surface area (TPSA) is 62.1 Å². The molecule has 1 aliphatic rings. The highest BCUT2D eigenvalue weighted by molar-refractivity contribution is 7.16. The number of anilines is 1. The van der Waals surface area contributed by atoms with Crippen LogP contribution >= 0.6 is 11.3 Å². The van der Waals surface area contributed by atoms with Crippen molar-refractivity contribution in [1.82, 2.24) is 0 Å². The van der Waals surface area contributed by atoms with Crippen molar-refractivity contribution in [3.63, 3.8) is 0 Å². The van der Waals surface area contributed by atoms with E-state index in [-0.39, 0.29) is 5.91 Å². The van der Waals surface area contributed by atoms with Gasteiger partial charge < -0.3 is 10.1 Å². The molecular formula is C18H18N2O2S. The fraction of sp³-hybridized carbons (Fsp3) is 0.333. The van der Waals surface area contributed by atoms with E-state index < -0.39 is 0 Å². The molecule has 4 nitrogen and oxygen atoms in total. The van der Waals surface area contributed by atoms with Crippen molar-refractivity contribution in [3.8, 4) is 11.8 Å². The minimum atomic E-state index is -0.236. The highest BCUT2D eigenvalue weighted by Crippen LogP contribution is 2.38. The molecule has 23 heavy (non-hydrogen) atoms. The first-order valence-electron chi connectivity index (χ1n) is 7.65. The molecule has 0 unspecified atom stereocenters. The number of thiophene rings is 1. The van der Waals surface area contributed by atoms with E-state index in [1.54, 1.807) is 13.2 Å². The molecule has 0 aliphatic heterocycles. The normalized spacial score (nSPS) is 13.1. The van der Waals surface area contributed by atoms with Gasteiger partial charge in [0.15, 0.2) is 0 Å². The molecule has 0 atom stereocenters. The molecule has 1 aliphatic carbocycles. The van der Waals surface area contributed by atoms with Gasteiger partial charge in [0.05, 0.1) is 18.2 Å². The lowest BCUT2D eigenvalue weighted by Crippen LogP contribution is -2.13. The average molecular weight is 326 g/mol. The molecule has 2 aromatic rings. The van der Waals surface area contributed by atoms with E-state index in [9.17, 15) is 10.1 Å². The summed E-state index contributed by atoms with van der Waals surface area (Å²) >= 11 is 1.53. The van der Waals surface area contributed by atoms with Crippen LogP contribution in [0.4, 0.5) is 5.00 Å². The fourth-order valence-corrected chi connectivity index (χ4v) is 4.28. The number of ether oxygens (including phenoxy) is 1. The Kier molecular flexibility index (Phi) is 4.35. The number of hydrogen-bond donors (Lipinski definition) is 1. The molecule has 0 radical (unpaired) electrons. The molecule has 1 amide bonds. The standard InChI is InChI=1S/C18H18N2O2S/c1-11-6-5-8-13(16(11)22-2)17(21)20-18-14(10-19)12-7-3-4-9-15(12)23-18/h5-6,8H,3-4,7,9H2,1-2H3,(H,20,21). The minimum absolute atomic E-state index is 0.236. The maximum Gasteiger partial charge on any atom is 0.260 e. The Labute approximate surface area is 139 Å². The number of carbonyl (C=O) groups is 1. The van der Waals surface area contributed by atoms with Gasteiger partial charge in [0.25, 0.3) is 5.91 Å². The first kappa shape index (κ1) is 15.6. The van der Waals surface area contributed by atoms with Crippen LogP contribution in [0.5, 0.6) is 5.75 Å². The zero-order chi connectivity index (χ0) is 16.4. The van der Waals surface area contributed by atoms with Crippen LogP contribution in [0.1, 0.15) is 44.8 Å². The quantitative estimate of drug-likeness (QED) is 0.925. The van der Waals surface area contributed by atoms with Crippen molar-refractivity contribution in [2.45, 2.75) is 32.6 Å². The number of hydrogen-bond acceptors (Lipinski definition) is 4. The van der Waals surface area contributed by atoms with Crippen LogP contribution in [0.2, 0.25) is 0 Å². The number of aryl methyl sites for hydroxylation is 2. The van der Waals surface area contributed by atoms with Crippen molar-refractivity contribution in [3.05, 3.63) is 45.3 Å². The highest BCUT2D eigenvalue weighted by Gasteiger charge is 2.23. The molecule has 3 rings (SSSR count). The van der Waals surface area contributed by atoms with E-state index in [2.05, 4.69) is 11.4 Å². The summed E-state index contributed by atoms with van der Waals surface area (Å²) in [6.45, 7) is 1.90. The van der Waals surface area contributed by atoms with Crippen LogP contribution in [0, 0.1) is 18.3 Å². The van der Waals surface area contributed by atoms with Crippen molar-refractivity contribution in [2.24, 2.45) is 0 Å². The van der Waals surface area contributed by atoms with E-state index >= 15 is 0 Å². The molecule has 1 N–H and O–H groups in total. The maximum atomic E-state index is 12.6. The van der Waals surface area contributed by atoms with Gasteiger partial charge in [-0.3, -0.25) is 4.79 Å². The molecule has 0 bridgehead atoms. The average Bonchev–Trinajstić information content (AvgIpc) is 2.91. The zero-order valence-corrected chi connectivity index (χ0v) is 14.0. The van der Waals surface area contributed by atoms with Crippen LogP contribution in [0.25, 0.3) is 0 Å². The van der Waals surface area contributed by atoms with Gasteiger partial charge >= 0.3 is 0 Å². The minimum Gasteiger partial charge on any atom is -0.496 e. The number of rotatable bonds is 3. The van der Waals surface area contributed by atoms with Crippen LogP contribution < -0.4 is 10.1 Å². The van der Waals surface area contributed by atoms with Gasteiger partial charge in [-0.1, -0.05) is 12.1 Å². The smallest absolute Gasteiger partial charge is 0.260 e. The molecule has 0 saturated heterocycles. The third-order valence-corrected chi connectivity index (χ3v) is 5.38. The van der Waals surface area contributed by atoms with Gasteiger partial charge in [-0.05, 0) is 49.8 Å². The summed E-state index contributed by atoms with van der Waals surface area (Å²) in [5, 5.41) is 13.0. The summed E-state index contributed by atoms with van der Waals surface area (Å²) in [6.07, 6.45) is 4.19. The summed E-state index contributed by atoms with van der Waals surface area (Å²) in [4.78, 5) is 13.9. The lowest BCUT2D eigenvalue weighted by atomic mass is 9.96. The first-order chi connectivity index (χ1) is 11.2. The predicted molar refractivity (Wildman–Crippen MR) is 91.4 cm³/mol. The molecule has 1 heterocycles. The first-order valence-corrected chi connectivity index (χ1v) is 8.47. The van der Waals surface area contributed by atoms with Crippen LogP contribution in [0.15, 0.2) is 18.2 Å². The molecular weight excluding hydrogens is 308 g/mol. The molecule has 0 spiro atoms. The van der Waals surface area contributed by atoms with E-state index in [1.807, 2.05) is 19.1 Å². The SMILES string of the molecule is COc1c(C)cccc1C(=O)Nc1sc2c(c1C#N)CCCC2. The largest absolute Gasteiger partial charge is 0.496 e. The Balaban J connectivity index is 1.94. The second-order valence-electron chi connectivity index (χ2n) is 5.64. The summed E-state index contributed by atoms with van der Waals surface area (Å²) in [6, 6.07) is 7.74. The monoisotopic (exact) mass is 326 g/mol. The van der Waals surface area contributed by atoms with Crippen molar-refractivity contribution >= 4 is 22.2 Å². The predicted octanol–water partition coefficient (Wildman–Crippen LogP) is 4.07. The summed E-state index contributed by atoms with van der Waals surface area (Å²) in [7, 11) is 1.56. The van der Waals surface area contributed by atoms with Gasteiger partial charge in [0.1, 0.15) is 16.8 Å². The number of nitrogens with zero attached hydrogens (tertiary/aromatic N) is 1. The van der Waals surface area contributed by atoms with Crippen molar-refractivity contribution in [2.75, 3.05) is 12.4 Å². The van der Waals surface area contributed by atoms with E-state index in [1.165, 1.54) is 16.2 Å². The number of benzene rings is 1. The number of methoxy groups -OCH3 is 1. The molecule has 5 heteroatoms. The van der Waals surface area contributed by atoms with Crippen LogP contribution in [0.3, 0.4) is 0 Å². The Morgan fingerprint density at radius 2 is 2.13 bits per heavy atom. The third-order valence-electron chi connectivity index (χ3n) is 4.17. The van der Waals surface area contributed by atoms with E-state index in [0.29, 0.717) is 21.9 Å². The number of nitriles is 1. The van der Waals surface area contributed by atoms with E-state index in [0.717, 1.165) is 36.8 Å².